The number of fused-ring (bicyclic) bond motifs is 7. The summed E-state index contributed by atoms with van der Waals surface area (Å²) in [5.74, 6) is -2.10. The number of ether oxygens (including phenoxy) is 6. The summed E-state index contributed by atoms with van der Waals surface area (Å²) in [6.45, 7) is 15.5. The Labute approximate surface area is 365 Å². The Bertz CT molecular complexity index is 1690. The van der Waals surface area contributed by atoms with E-state index in [1.807, 2.05) is 6.92 Å². The van der Waals surface area contributed by atoms with Crippen molar-refractivity contribution in [3.8, 4) is 0 Å². The number of aliphatic hydroxyl groups is 4. The molecule has 15 heteroatoms. The summed E-state index contributed by atoms with van der Waals surface area (Å²) in [6.07, 6.45) is -4.54. The van der Waals surface area contributed by atoms with Crippen LogP contribution in [0.25, 0.3) is 0 Å². The second-order valence-corrected chi connectivity index (χ2v) is 22.8. The van der Waals surface area contributed by atoms with Crippen LogP contribution in [0.1, 0.15) is 138 Å². The fraction of sp³-hybridized carbons (Fsp3) is 0.936. The summed E-state index contributed by atoms with van der Waals surface area (Å²) >= 11 is 0. The van der Waals surface area contributed by atoms with E-state index in [4.69, 9.17) is 28.4 Å². The summed E-state index contributed by atoms with van der Waals surface area (Å²) in [5.41, 5.74) is -3.13. The molecule has 6 N–H and O–H groups in total. The van der Waals surface area contributed by atoms with Crippen molar-refractivity contribution in [2.24, 2.45) is 56.2 Å². The molecule has 5 aliphatic carbocycles. The molecule has 21 unspecified atom stereocenters. The highest BCUT2D eigenvalue weighted by Crippen LogP contribution is 2.77. The Morgan fingerprint density at radius 2 is 1.45 bits per heavy atom. The van der Waals surface area contributed by atoms with Crippen LogP contribution in [0.3, 0.4) is 0 Å². The average molecular weight is 879 g/mol. The molecule has 3 saturated heterocycles. The van der Waals surface area contributed by atoms with Crippen molar-refractivity contribution >= 4 is 18.2 Å². The minimum absolute atomic E-state index is 0.0241. The van der Waals surface area contributed by atoms with Gasteiger partial charge in [-0.25, -0.2) is 4.79 Å². The first-order valence-electron chi connectivity index (χ1n) is 23.6. The quantitative estimate of drug-likeness (QED) is 0.135. The highest BCUT2D eigenvalue weighted by molar-refractivity contribution is 5.76. The number of aldehydes is 1. The zero-order valence-corrected chi connectivity index (χ0v) is 37.8. The molecule has 5 saturated carbocycles. The Kier molecular flexibility index (Phi) is 12.4. The van der Waals surface area contributed by atoms with Crippen molar-refractivity contribution in [3.63, 3.8) is 0 Å². The van der Waals surface area contributed by atoms with Gasteiger partial charge in [-0.15, -0.1) is 0 Å². The minimum atomic E-state index is -1.44. The Hall–Kier alpha value is -1.79. The monoisotopic (exact) mass is 879 g/mol. The lowest BCUT2D eigenvalue weighted by molar-refractivity contribution is -0.368. The maximum atomic E-state index is 13.8. The molecule has 3 heterocycles. The van der Waals surface area contributed by atoms with Gasteiger partial charge in [0.2, 0.25) is 0 Å². The molecule has 0 bridgehead atoms. The molecule has 3 aliphatic heterocycles. The molecule has 62 heavy (non-hydrogen) atoms. The van der Waals surface area contributed by atoms with Gasteiger partial charge in [-0.2, -0.15) is 0 Å². The van der Waals surface area contributed by atoms with Crippen LogP contribution in [0, 0.1) is 56.2 Å². The van der Waals surface area contributed by atoms with Crippen LogP contribution in [0.2, 0.25) is 0 Å². The fourth-order valence-electron chi connectivity index (χ4n) is 15.5. The first-order chi connectivity index (χ1) is 29.0. The molecule has 21 atom stereocenters. The van der Waals surface area contributed by atoms with Crippen molar-refractivity contribution in [3.05, 3.63) is 0 Å². The van der Waals surface area contributed by atoms with Crippen LogP contribution in [-0.2, 0) is 42.8 Å². The number of carboxylic acids is 2. The van der Waals surface area contributed by atoms with E-state index < -0.39 is 96.6 Å². The van der Waals surface area contributed by atoms with Crippen molar-refractivity contribution in [2.75, 3.05) is 6.61 Å². The molecule has 352 valence electrons. The van der Waals surface area contributed by atoms with Gasteiger partial charge in [-0.05, 0) is 129 Å². The number of aliphatic carboxylic acids is 2. The van der Waals surface area contributed by atoms with Gasteiger partial charge in [-0.3, -0.25) is 4.79 Å². The molecule has 8 rings (SSSR count). The van der Waals surface area contributed by atoms with Crippen LogP contribution in [0.15, 0.2) is 0 Å². The second kappa shape index (κ2) is 16.5. The second-order valence-electron chi connectivity index (χ2n) is 22.8. The molecule has 0 amide bonds. The summed E-state index contributed by atoms with van der Waals surface area (Å²) in [6, 6.07) is 0. The zero-order chi connectivity index (χ0) is 44.9. The number of aliphatic hydroxyl groups excluding tert-OH is 4. The lowest BCUT2D eigenvalue weighted by Gasteiger charge is -2.73. The van der Waals surface area contributed by atoms with Gasteiger partial charge in [0.15, 0.2) is 25.0 Å². The largest absolute Gasteiger partial charge is 0.481 e. The van der Waals surface area contributed by atoms with Crippen LogP contribution < -0.4 is 0 Å². The fourth-order valence-corrected chi connectivity index (χ4v) is 15.5. The van der Waals surface area contributed by atoms with Gasteiger partial charge >= 0.3 is 11.9 Å². The van der Waals surface area contributed by atoms with E-state index in [0.29, 0.717) is 51.6 Å². The van der Waals surface area contributed by atoms with E-state index in [0.717, 1.165) is 38.4 Å². The molecule has 15 nitrogen and oxygen atoms in total. The third kappa shape index (κ3) is 7.33. The number of hydrogen-bond donors (Lipinski definition) is 6. The normalized spacial score (nSPS) is 53.9. The zero-order valence-electron chi connectivity index (χ0n) is 37.8. The van der Waals surface area contributed by atoms with Gasteiger partial charge in [-0.1, -0.05) is 41.5 Å². The Balaban J connectivity index is 1.09. The molecule has 8 fully saturated rings. The topological polar surface area (TPSA) is 228 Å². The highest BCUT2D eigenvalue weighted by atomic mass is 16.8. The van der Waals surface area contributed by atoms with Gasteiger partial charge in [0, 0.05) is 19.4 Å². The molecule has 0 aromatic carbocycles. The van der Waals surface area contributed by atoms with E-state index in [2.05, 4.69) is 34.6 Å². The molecule has 0 spiro atoms. The Morgan fingerprint density at radius 1 is 0.710 bits per heavy atom. The van der Waals surface area contributed by atoms with Crippen LogP contribution in [0.4, 0.5) is 0 Å². The van der Waals surface area contributed by atoms with Crippen molar-refractivity contribution < 1.29 is 73.4 Å². The number of rotatable bonds is 9. The Morgan fingerprint density at radius 3 is 2.13 bits per heavy atom. The third-order valence-corrected chi connectivity index (χ3v) is 19.0. The van der Waals surface area contributed by atoms with Gasteiger partial charge in [0.1, 0.15) is 24.6 Å². The summed E-state index contributed by atoms with van der Waals surface area (Å²) < 4.78 is 37.6. The molecular weight excluding hydrogens is 805 g/mol. The standard InChI is InChI=1S/C47H74O15/c1-24-19-28(50)35(52)39(58-24)62-36-29(59-38-27(49)9-8-18-57-38)20-30(37(53)54)60-40(36)61-34-13-14-43(4)31(44(34,5)23-48)12-15-45(6)32(43)11-10-25-26-21-42(2,3)16-17-47(26,41(55)56)33(51)22-46(25,45)7/h23-36,38-40,49-52H,8-22H2,1-7H3,(H,53,54)(H,55,56). The van der Waals surface area contributed by atoms with E-state index >= 15 is 0 Å². The first-order valence-corrected chi connectivity index (χ1v) is 23.6. The van der Waals surface area contributed by atoms with Crippen molar-refractivity contribution in [2.45, 2.75) is 212 Å². The van der Waals surface area contributed by atoms with Gasteiger partial charge < -0.3 is 63.9 Å². The average Bonchev–Trinajstić information content (AvgIpc) is 3.19. The molecule has 8 aliphatic rings. The van der Waals surface area contributed by atoms with E-state index in [1.165, 1.54) is 0 Å². The molecule has 0 aromatic heterocycles. The van der Waals surface area contributed by atoms with Gasteiger partial charge in [0.25, 0.3) is 0 Å². The SMILES string of the molecule is CC1CC(O)C(O)C(OC2C(OC3OCCCC3O)CC(C(=O)O)OC2OC2CCC3(C)C(CCC4(C)C3CCC3C5CC(C)(C)CCC5(C(=O)O)C(O)CC34C)C2(C)C=O)O1. The van der Waals surface area contributed by atoms with E-state index in [9.17, 15) is 45.0 Å². The molecule has 0 aromatic rings. The van der Waals surface area contributed by atoms with Crippen LogP contribution >= 0.6 is 0 Å². The summed E-state index contributed by atoms with van der Waals surface area (Å²) in [5, 5.41) is 65.8. The van der Waals surface area contributed by atoms with E-state index in [1.54, 1.807) is 6.92 Å². The predicted molar refractivity (Wildman–Crippen MR) is 220 cm³/mol. The van der Waals surface area contributed by atoms with Gasteiger partial charge in [0.05, 0.1) is 41.3 Å². The number of carboxylic acid groups (broad SMARTS) is 2. The van der Waals surface area contributed by atoms with Crippen LogP contribution in [-0.4, -0.2) is 129 Å². The lowest BCUT2D eigenvalue weighted by atomic mass is 9.31. The lowest BCUT2D eigenvalue weighted by Crippen LogP contribution is -2.70. The third-order valence-electron chi connectivity index (χ3n) is 19.0. The predicted octanol–water partition coefficient (Wildman–Crippen LogP) is 4.81. The number of carbonyl (C=O) groups is 3. The smallest absolute Gasteiger partial charge is 0.333 e. The van der Waals surface area contributed by atoms with Crippen molar-refractivity contribution in [1.29, 1.82) is 0 Å². The molecular formula is C47H74O15. The van der Waals surface area contributed by atoms with Crippen molar-refractivity contribution in [1.82, 2.24) is 0 Å². The number of carbonyl (C=O) groups excluding carboxylic acids is 1. The number of hydrogen-bond acceptors (Lipinski definition) is 13. The maximum absolute atomic E-state index is 13.8. The molecule has 0 radical (unpaired) electrons. The first kappa shape index (κ1) is 46.7. The maximum Gasteiger partial charge on any atom is 0.333 e. The minimum Gasteiger partial charge on any atom is -0.481 e. The van der Waals surface area contributed by atoms with Crippen LogP contribution in [0.5, 0.6) is 0 Å². The van der Waals surface area contributed by atoms with E-state index in [-0.39, 0.29) is 58.2 Å². The highest BCUT2D eigenvalue weighted by Gasteiger charge is 2.73. The summed E-state index contributed by atoms with van der Waals surface area (Å²) in [7, 11) is 0. The summed E-state index contributed by atoms with van der Waals surface area (Å²) in [4.78, 5) is 39.7.